The summed E-state index contributed by atoms with van der Waals surface area (Å²) >= 11 is 1.72. The zero-order valence-electron chi connectivity index (χ0n) is 11.6. The predicted octanol–water partition coefficient (Wildman–Crippen LogP) is 1.99. The first-order valence-corrected chi connectivity index (χ1v) is 7.76. The Hall–Kier alpha value is -0.260. The van der Waals surface area contributed by atoms with Gasteiger partial charge in [-0.2, -0.15) is 11.8 Å². The van der Waals surface area contributed by atoms with Crippen LogP contribution in [0.1, 0.15) is 33.1 Å². The van der Waals surface area contributed by atoms with E-state index in [1.165, 1.54) is 0 Å². The molecule has 18 heavy (non-hydrogen) atoms. The Kier molecular flexibility index (Phi) is 6.46. The molecule has 0 aliphatic heterocycles. The number of rotatable bonds is 10. The molecular formula is C13H25NO3S. The highest BCUT2D eigenvalue weighted by Gasteiger charge is 2.51. The van der Waals surface area contributed by atoms with Crippen LogP contribution in [0.25, 0.3) is 0 Å². The quantitative estimate of drug-likeness (QED) is 0.597. The summed E-state index contributed by atoms with van der Waals surface area (Å²) in [6, 6.07) is 0.196. The van der Waals surface area contributed by atoms with Crippen molar-refractivity contribution >= 4 is 17.7 Å². The van der Waals surface area contributed by atoms with Gasteiger partial charge in [0.1, 0.15) is 5.54 Å². The summed E-state index contributed by atoms with van der Waals surface area (Å²) in [5.74, 6) is 1.20. The first-order chi connectivity index (χ1) is 8.53. The van der Waals surface area contributed by atoms with E-state index in [4.69, 9.17) is 4.74 Å². The average molecular weight is 275 g/mol. The lowest BCUT2D eigenvalue weighted by atomic mass is 9.94. The van der Waals surface area contributed by atoms with Gasteiger partial charge in [-0.15, -0.1) is 0 Å². The van der Waals surface area contributed by atoms with Crippen LogP contribution in [0.4, 0.5) is 0 Å². The highest BCUT2D eigenvalue weighted by Crippen LogP contribution is 2.42. The third-order valence-corrected chi connectivity index (χ3v) is 4.41. The Labute approximate surface area is 114 Å². The lowest BCUT2D eigenvalue weighted by molar-refractivity contribution is -0.145. The number of thioether (sulfide) groups is 1. The number of hydrogen-bond acceptors (Lipinski definition) is 4. The lowest BCUT2D eigenvalue weighted by Gasteiger charge is -2.32. The van der Waals surface area contributed by atoms with E-state index < -0.39 is 11.5 Å². The van der Waals surface area contributed by atoms with Crippen molar-refractivity contribution in [1.29, 1.82) is 0 Å². The first kappa shape index (κ1) is 15.8. The molecule has 0 aromatic carbocycles. The van der Waals surface area contributed by atoms with Crippen molar-refractivity contribution < 1.29 is 14.6 Å². The molecule has 0 bridgehead atoms. The van der Waals surface area contributed by atoms with Crippen molar-refractivity contribution in [3.63, 3.8) is 0 Å². The van der Waals surface area contributed by atoms with Crippen LogP contribution in [0.2, 0.25) is 0 Å². The highest BCUT2D eigenvalue weighted by molar-refractivity contribution is 7.99. The maximum absolute atomic E-state index is 11.7. The minimum atomic E-state index is -0.730. The monoisotopic (exact) mass is 275 g/mol. The molecule has 1 unspecified atom stereocenters. The number of ether oxygens (including phenoxy) is 1. The molecule has 0 heterocycles. The van der Waals surface area contributed by atoms with E-state index in [0.29, 0.717) is 11.7 Å². The van der Waals surface area contributed by atoms with Crippen LogP contribution in [-0.4, -0.2) is 47.9 Å². The van der Waals surface area contributed by atoms with Gasteiger partial charge in [0.15, 0.2) is 0 Å². The molecule has 1 fully saturated rings. The van der Waals surface area contributed by atoms with Gasteiger partial charge in [-0.25, -0.2) is 0 Å². The number of aliphatic carboxylic acids is 1. The standard InChI is InChI=1S/C13H25NO3S/c1-10(2)14-13(12(15)16,11-5-6-11)9-18-8-4-7-17-3/h10-11,14H,4-9H2,1-3H3,(H,15,16). The van der Waals surface area contributed by atoms with Crippen molar-refractivity contribution in [3.05, 3.63) is 0 Å². The highest BCUT2D eigenvalue weighted by atomic mass is 32.2. The molecule has 2 N–H and O–H groups in total. The molecule has 0 aromatic rings. The molecule has 1 atom stereocenters. The van der Waals surface area contributed by atoms with Crippen LogP contribution >= 0.6 is 11.8 Å². The third kappa shape index (κ3) is 4.44. The molecular weight excluding hydrogens is 250 g/mol. The Bertz CT molecular complexity index is 269. The molecule has 1 aliphatic rings. The smallest absolute Gasteiger partial charge is 0.325 e. The Balaban J connectivity index is 2.50. The Morgan fingerprint density at radius 3 is 2.67 bits per heavy atom. The van der Waals surface area contributed by atoms with Gasteiger partial charge < -0.3 is 9.84 Å². The van der Waals surface area contributed by atoms with Crippen LogP contribution in [0, 0.1) is 5.92 Å². The van der Waals surface area contributed by atoms with Gasteiger partial charge in [0.2, 0.25) is 0 Å². The van der Waals surface area contributed by atoms with Crippen molar-refractivity contribution in [2.75, 3.05) is 25.2 Å². The van der Waals surface area contributed by atoms with Gasteiger partial charge in [-0.05, 0) is 44.8 Å². The second-order valence-corrected chi connectivity index (χ2v) is 6.35. The lowest BCUT2D eigenvalue weighted by Crippen LogP contribution is -2.58. The molecule has 1 aliphatic carbocycles. The maximum atomic E-state index is 11.7. The maximum Gasteiger partial charge on any atom is 0.325 e. The van der Waals surface area contributed by atoms with E-state index >= 15 is 0 Å². The van der Waals surface area contributed by atoms with Gasteiger partial charge >= 0.3 is 5.97 Å². The van der Waals surface area contributed by atoms with E-state index in [1.54, 1.807) is 18.9 Å². The van der Waals surface area contributed by atoms with Crippen LogP contribution in [0.15, 0.2) is 0 Å². The summed E-state index contributed by atoms with van der Waals surface area (Å²) in [5, 5.41) is 12.9. The number of carboxylic acids is 1. The van der Waals surface area contributed by atoms with Gasteiger partial charge in [0, 0.05) is 25.5 Å². The van der Waals surface area contributed by atoms with Crippen molar-refractivity contribution in [1.82, 2.24) is 5.32 Å². The van der Waals surface area contributed by atoms with E-state index in [1.807, 2.05) is 13.8 Å². The van der Waals surface area contributed by atoms with Crippen LogP contribution in [0.5, 0.6) is 0 Å². The molecule has 1 rings (SSSR count). The van der Waals surface area contributed by atoms with Gasteiger partial charge in [-0.1, -0.05) is 0 Å². The van der Waals surface area contributed by atoms with Crippen LogP contribution in [-0.2, 0) is 9.53 Å². The fraction of sp³-hybridized carbons (Fsp3) is 0.923. The number of carboxylic acid groups (broad SMARTS) is 1. The minimum absolute atomic E-state index is 0.196. The molecule has 0 spiro atoms. The average Bonchev–Trinajstić information content (AvgIpc) is 3.10. The predicted molar refractivity (Wildman–Crippen MR) is 75.2 cm³/mol. The number of hydrogen-bond donors (Lipinski definition) is 2. The zero-order chi connectivity index (χ0) is 13.6. The Morgan fingerprint density at radius 1 is 1.56 bits per heavy atom. The second kappa shape index (κ2) is 7.36. The molecule has 1 saturated carbocycles. The molecule has 106 valence electrons. The summed E-state index contributed by atoms with van der Waals surface area (Å²) in [5.41, 5.74) is -0.730. The SMILES string of the molecule is COCCCSCC(NC(C)C)(C(=O)O)C1CC1. The van der Waals surface area contributed by atoms with Crippen molar-refractivity contribution in [2.45, 2.75) is 44.7 Å². The number of nitrogens with one attached hydrogen (secondary N) is 1. The van der Waals surface area contributed by atoms with E-state index in [9.17, 15) is 9.90 Å². The van der Waals surface area contributed by atoms with Crippen molar-refractivity contribution in [3.8, 4) is 0 Å². The zero-order valence-corrected chi connectivity index (χ0v) is 12.4. The molecule has 4 nitrogen and oxygen atoms in total. The molecule has 5 heteroatoms. The molecule has 0 radical (unpaired) electrons. The summed E-state index contributed by atoms with van der Waals surface area (Å²) in [7, 11) is 1.69. The third-order valence-electron chi connectivity index (χ3n) is 3.17. The van der Waals surface area contributed by atoms with Crippen LogP contribution in [0.3, 0.4) is 0 Å². The largest absolute Gasteiger partial charge is 0.480 e. The summed E-state index contributed by atoms with van der Waals surface area (Å²) in [6.07, 6.45) is 3.04. The van der Waals surface area contributed by atoms with E-state index in [2.05, 4.69) is 5.32 Å². The van der Waals surface area contributed by atoms with E-state index in [0.717, 1.165) is 31.6 Å². The molecule has 0 aromatic heterocycles. The topological polar surface area (TPSA) is 58.6 Å². The summed E-state index contributed by atoms with van der Waals surface area (Å²) in [6.45, 7) is 4.76. The van der Waals surface area contributed by atoms with Crippen molar-refractivity contribution in [2.24, 2.45) is 5.92 Å². The van der Waals surface area contributed by atoms with Gasteiger partial charge in [0.05, 0.1) is 0 Å². The minimum Gasteiger partial charge on any atom is -0.480 e. The van der Waals surface area contributed by atoms with Gasteiger partial charge in [-0.3, -0.25) is 10.1 Å². The van der Waals surface area contributed by atoms with Crippen LogP contribution < -0.4 is 5.32 Å². The second-order valence-electron chi connectivity index (χ2n) is 5.25. The molecule has 0 saturated heterocycles. The Morgan fingerprint density at radius 2 is 2.22 bits per heavy atom. The number of methoxy groups -OCH3 is 1. The van der Waals surface area contributed by atoms with Gasteiger partial charge in [0.25, 0.3) is 0 Å². The fourth-order valence-electron chi connectivity index (χ4n) is 2.21. The molecule has 0 amide bonds. The first-order valence-electron chi connectivity index (χ1n) is 6.60. The normalized spacial score (nSPS) is 18.9. The summed E-state index contributed by atoms with van der Waals surface area (Å²) < 4.78 is 5.00. The number of carbonyl (C=O) groups is 1. The summed E-state index contributed by atoms with van der Waals surface area (Å²) in [4.78, 5) is 11.7. The fourth-order valence-corrected chi connectivity index (χ4v) is 3.44. The van der Waals surface area contributed by atoms with E-state index in [-0.39, 0.29) is 6.04 Å².